The van der Waals surface area contributed by atoms with Crippen molar-refractivity contribution in [2.75, 3.05) is 26.3 Å². The molecular weight excluding hydrogens is 543 g/mol. The summed E-state index contributed by atoms with van der Waals surface area (Å²) < 4.78 is 50.6. The maximum atomic E-state index is 13.1. The molecule has 0 aliphatic heterocycles. The van der Waals surface area contributed by atoms with E-state index in [9.17, 15) is 22.8 Å². The number of ketones is 1. The number of esters is 1. The average molecular weight is 592 g/mol. The lowest BCUT2D eigenvalue weighted by Gasteiger charge is -2.28. The van der Waals surface area contributed by atoms with Crippen molar-refractivity contribution in [2.45, 2.75) is 104 Å². The van der Waals surface area contributed by atoms with Crippen molar-refractivity contribution in [3.63, 3.8) is 0 Å². The summed E-state index contributed by atoms with van der Waals surface area (Å²) >= 11 is 0. The molecule has 8 heteroatoms. The molecule has 42 heavy (non-hydrogen) atoms. The van der Waals surface area contributed by atoms with Gasteiger partial charge in [0.1, 0.15) is 12.4 Å². The quantitative estimate of drug-likeness (QED) is 0.0827. The Morgan fingerprint density at radius 1 is 0.881 bits per heavy atom. The molecule has 0 spiro atoms. The molecular formula is C34H48F3NO4. The molecule has 0 N–H and O–H groups in total. The van der Waals surface area contributed by atoms with E-state index in [1.807, 2.05) is 35.2 Å². The standard InChI is InChI=1S/C34H48F3NO4/c1-4-6-7-8-9-10-11-12-14-17-27(3)38(26-32(39)41-5-2)22-23-42-31-21-20-29(33(40)34(35,36)37)25-30(31)24-28-18-15-13-16-19-28/h13,15-16,18-21,25,27H,4-12,14,17,22-24,26H2,1-3H3. The molecule has 2 aromatic rings. The van der Waals surface area contributed by atoms with Gasteiger partial charge < -0.3 is 9.47 Å². The zero-order valence-electron chi connectivity index (χ0n) is 25.5. The fourth-order valence-corrected chi connectivity index (χ4v) is 5.01. The summed E-state index contributed by atoms with van der Waals surface area (Å²) in [6.07, 6.45) is 7.52. The van der Waals surface area contributed by atoms with Gasteiger partial charge in [-0.05, 0) is 49.6 Å². The molecule has 0 amide bonds. The van der Waals surface area contributed by atoms with Crippen LogP contribution in [0, 0.1) is 0 Å². The van der Waals surface area contributed by atoms with Crippen molar-refractivity contribution in [1.82, 2.24) is 4.90 Å². The second-order valence-electron chi connectivity index (χ2n) is 10.9. The Balaban J connectivity index is 2.01. The zero-order chi connectivity index (χ0) is 30.8. The van der Waals surface area contributed by atoms with Crippen LogP contribution in [0.3, 0.4) is 0 Å². The van der Waals surface area contributed by atoms with Crippen LogP contribution in [-0.4, -0.2) is 55.2 Å². The fraction of sp³-hybridized carbons (Fsp3) is 0.588. The summed E-state index contributed by atoms with van der Waals surface area (Å²) in [6, 6.07) is 13.3. The minimum atomic E-state index is -4.95. The summed E-state index contributed by atoms with van der Waals surface area (Å²) in [4.78, 5) is 26.3. The smallest absolute Gasteiger partial charge is 0.454 e. The molecule has 0 saturated carbocycles. The summed E-state index contributed by atoms with van der Waals surface area (Å²) in [7, 11) is 0. The number of benzene rings is 2. The van der Waals surface area contributed by atoms with Crippen LogP contribution in [0.15, 0.2) is 48.5 Å². The van der Waals surface area contributed by atoms with Crippen LogP contribution in [0.25, 0.3) is 0 Å². The van der Waals surface area contributed by atoms with Gasteiger partial charge in [0.15, 0.2) is 0 Å². The first-order valence-corrected chi connectivity index (χ1v) is 15.5. The third kappa shape index (κ3) is 13.4. The summed E-state index contributed by atoms with van der Waals surface area (Å²) in [5, 5.41) is 0. The molecule has 2 rings (SSSR count). The van der Waals surface area contributed by atoms with E-state index < -0.39 is 17.5 Å². The Labute approximate surface area is 249 Å². The molecule has 0 heterocycles. The number of alkyl halides is 3. The lowest BCUT2D eigenvalue weighted by molar-refractivity contribution is -0.145. The van der Waals surface area contributed by atoms with E-state index in [2.05, 4.69) is 13.8 Å². The van der Waals surface area contributed by atoms with E-state index >= 15 is 0 Å². The summed E-state index contributed by atoms with van der Waals surface area (Å²) in [6.45, 7) is 7.24. The van der Waals surface area contributed by atoms with Gasteiger partial charge >= 0.3 is 12.1 Å². The molecule has 5 nitrogen and oxygen atoms in total. The SMILES string of the molecule is CCCCCCCCCCCC(C)N(CCOc1ccc(C(=O)C(F)(F)F)cc1Cc1ccccc1)CC(=O)OCC. The predicted molar refractivity (Wildman–Crippen MR) is 161 cm³/mol. The van der Waals surface area contributed by atoms with E-state index in [0.29, 0.717) is 30.9 Å². The monoisotopic (exact) mass is 591 g/mol. The van der Waals surface area contributed by atoms with Gasteiger partial charge in [0.05, 0.1) is 13.2 Å². The Morgan fingerprint density at radius 2 is 1.52 bits per heavy atom. The van der Waals surface area contributed by atoms with Gasteiger partial charge in [-0.2, -0.15) is 13.2 Å². The molecule has 0 saturated heterocycles. The normalized spacial score (nSPS) is 12.4. The molecule has 1 unspecified atom stereocenters. The van der Waals surface area contributed by atoms with Crippen molar-refractivity contribution >= 4 is 11.8 Å². The van der Waals surface area contributed by atoms with Gasteiger partial charge in [0.2, 0.25) is 0 Å². The largest absolute Gasteiger partial charge is 0.492 e. The minimum Gasteiger partial charge on any atom is -0.492 e. The van der Waals surface area contributed by atoms with E-state index in [1.165, 1.54) is 57.1 Å². The number of halogens is 3. The molecule has 0 aliphatic rings. The second-order valence-corrected chi connectivity index (χ2v) is 10.9. The first kappa shape index (κ1) is 35.3. The number of nitrogens with zero attached hydrogens (tertiary/aromatic N) is 1. The highest BCUT2D eigenvalue weighted by Gasteiger charge is 2.39. The van der Waals surface area contributed by atoms with Crippen LogP contribution in [-0.2, 0) is 16.0 Å². The molecule has 0 radical (unpaired) electrons. The first-order valence-electron chi connectivity index (χ1n) is 15.5. The topological polar surface area (TPSA) is 55.8 Å². The van der Waals surface area contributed by atoms with E-state index in [4.69, 9.17) is 9.47 Å². The number of Topliss-reactive ketones (excluding diaryl/α,β-unsaturated/α-hetero) is 1. The molecule has 1 atom stereocenters. The van der Waals surface area contributed by atoms with Crippen LogP contribution < -0.4 is 4.74 Å². The molecule has 0 fully saturated rings. The predicted octanol–water partition coefficient (Wildman–Crippen LogP) is 8.58. The number of unbranched alkanes of at least 4 members (excludes halogenated alkanes) is 8. The highest BCUT2D eigenvalue weighted by Crippen LogP contribution is 2.28. The number of carbonyl (C=O) groups is 2. The lowest BCUT2D eigenvalue weighted by Crippen LogP contribution is -2.40. The molecule has 0 aromatic heterocycles. The first-order chi connectivity index (χ1) is 20.2. The third-order valence-corrected chi connectivity index (χ3v) is 7.44. The van der Waals surface area contributed by atoms with Crippen molar-refractivity contribution in [2.24, 2.45) is 0 Å². The number of hydrogen-bond donors (Lipinski definition) is 0. The second kappa shape index (κ2) is 19.3. The van der Waals surface area contributed by atoms with E-state index in [0.717, 1.165) is 30.9 Å². The molecule has 0 aliphatic carbocycles. The van der Waals surface area contributed by atoms with Crippen molar-refractivity contribution in [3.05, 3.63) is 65.2 Å². The highest BCUT2D eigenvalue weighted by molar-refractivity contribution is 6.00. The molecule has 234 valence electrons. The highest BCUT2D eigenvalue weighted by atomic mass is 19.4. The lowest BCUT2D eigenvalue weighted by atomic mass is 10.00. The maximum Gasteiger partial charge on any atom is 0.454 e. The van der Waals surface area contributed by atoms with Crippen LogP contribution in [0.2, 0.25) is 0 Å². The Hall–Kier alpha value is -2.87. The van der Waals surface area contributed by atoms with Gasteiger partial charge in [-0.15, -0.1) is 0 Å². The van der Waals surface area contributed by atoms with Crippen LogP contribution in [0.1, 0.15) is 106 Å². The van der Waals surface area contributed by atoms with Gasteiger partial charge in [-0.1, -0.05) is 95.0 Å². The molecule has 0 bridgehead atoms. The Kier molecular flexibility index (Phi) is 16.3. The number of ether oxygens (including phenoxy) is 2. The van der Waals surface area contributed by atoms with E-state index in [-0.39, 0.29) is 25.2 Å². The number of rotatable bonds is 21. The summed E-state index contributed by atoms with van der Waals surface area (Å²) in [5.41, 5.74) is 0.966. The zero-order valence-corrected chi connectivity index (χ0v) is 25.5. The molecule has 2 aromatic carbocycles. The minimum absolute atomic E-state index is 0.137. The van der Waals surface area contributed by atoms with E-state index in [1.54, 1.807) is 6.92 Å². The van der Waals surface area contributed by atoms with Crippen molar-refractivity contribution < 1.29 is 32.2 Å². The van der Waals surface area contributed by atoms with Gasteiger partial charge in [-0.3, -0.25) is 14.5 Å². The van der Waals surface area contributed by atoms with Crippen LogP contribution >= 0.6 is 0 Å². The van der Waals surface area contributed by atoms with Crippen molar-refractivity contribution in [3.8, 4) is 5.75 Å². The third-order valence-electron chi connectivity index (χ3n) is 7.44. The van der Waals surface area contributed by atoms with Crippen molar-refractivity contribution in [1.29, 1.82) is 0 Å². The van der Waals surface area contributed by atoms with Gasteiger partial charge in [-0.25, -0.2) is 0 Å². The number of hydrogen-bond acceptors (Lipinski definition) is 5. The van der Waals surface area contributed by atoms with Gasteiger partial charge in [0, 0.05) is 24.6 Å². The Bertz CT molecular complexity index is 1060. The van der Waals surface area contributed by atoms with Crippen LogP contribution in [0.5, 0.6) is 5.75 Å². The average Bonchev–Trinajstić information content (AvgIpc) is 2.96. The maximum absolute atomic E-state index is 13.1. The van der Waals surface area contributed by atoms with Gasteiger partial charge in [0.25, 0.3) is 5.78 Å². The Morgan fingerprint density at radius 3 is 2.14 bits per heavy atom. The fourth-order valence-electron chi connectivity index (χ4n) is 5.01. The van der Waals surface area contributed by atoms with Crippen LogP contribution in [0.4, 0.5) is 13.2 Å². The summed E-state index contributed by atoms with van der Waals surface area (Å²) in [5.74, 6) is -1.76. The number of carbonyl (C=O) groups excluding carboxylic acids is 2.